The van der Waals surface area contributed by atoms with Crippen LogP contribution >= 0.6 is 15.9 Å². The number of nitrogens with one attached hydrogen (secondary N) is 1. The molecule has 0 radical (unpaired) electrons. The number of carbonyl (C=O) groups excluding carboxylic acids is 1. The van der Waals surface area contributed by atoms with Crippen molar-refractivity contribution in [3.8, 4) is 0 Å². The molecule has 0 bridgehead atoms. The molecule has 0 aliphatic heterocycles. The summed E-state index contributed by atoms with van der Waals surface area (Å²) < 4.78 is 0.837. The van der Waals surface area contributed by atoms with Crippen LogP contribution in [0.1, 0.15) is 15.9 Å². The summed E-state index contributed by atoms with van der Waals surface area (Å²) in [7, 11) is 0. The largest absolute Gasteiger partial charge is 0.478 e. The normalized spacial score (nSPS) is 10.5. The molecule has 0 spiro atoms. The summed E-state index contributed by atoms with van der Waals surface area (Å²) >= 11 is 3.32. The van der Waals surface area contributed by atoms with Crippen LogP contribution in [0.5, 0.6) is 0 Å². The van der Waals surface area contributed by atoms with E-state index in [9.17, 15) is 9.59 Å². The van der Waals surface area contributed by atoms with Crippen molar-refractivity contribution in [3.63, 3.8) is 0 Å². The Balaban J connectivity index is 2.06. The van der Waals surface area contributed by atoms with E-state index in [1.165, 1.54) is 6.08 Å². The van der Waals surface area contributed by atoms with Crippen molar-refractivity contribution in [3.05, 3.63) is 70.2 Å². The average molecular weight is 346 g/mol. The van der Waals surface area contributed by atoms with Crippen LogP contribution in [0.3, 0.4) is 0 Å². The van der Waals surface area contributed by atoms with Crippen molar-refractivity contribution in [2.45, 2.75) is 0 Å². The Morgan fingerprint density at radius 2 is 1.81 bits per heavy atom. The number of hydrogen-bond acceptors (Lipinski definition) is 2. The maximum absolute atomic E-state index is 12.0. The van der Waals surface area contributed by atoms with E-state index in [0.717, 1.165) is 16.1 Å². The number of amides is 1. The third kappa shape index (κ3) is 4.57. The molecule has 0 unspecified atom stereocenters. The van der Waals surface area contributed by atoms with Gasteiger partial charge in [-0.25, -0.2) is 4.79 Å². The molecule has 0 saturated heterocycles. The third-order valence-corrected chi connectivity index (χ3v) is 3.17. The Bertz CT molecular complexity index is 693. The summed E-state index contributed by atoms with van der Waals surface area (Å²) in [6, 6.07) is 14.0. The Kier molecular flexibility index (Phi) is 4.90. The summed E-state index contributed by atoms with van der Waals surface area (Å²) in [5, 5.41) is 11.3. The Morgan fingerprint density at radius 1 is 1.10 bits per heavy atom. The average Bonchev–Trinajstić information content (AvgIpc) is 2.46. The maximum atomic E-state index is 12.0. The number of hydrogen-bond donors (Lipinski definition) is 2. The molecule has 0 atom stereocenters. The van der Waals surface area contributed by atoms with Crippen LogP contribution in [-0.2, 0) is 4.79 Å². The number of aliphatic carboxylic acids is 1. The third-order valence-electron chi connectivity index (χ3n) is 2.67. The van der Waals surface area contributed by atoms with Crippen molar-refractivity contribution >= 4 is 39.6 Å². The van der Waals surface area contributed by atoms with Crippen LogP contribution in [0.15, 0.2) is 59.1 Å². The van der Waals surface area contributed by atoms with Crippen molar-refractivity contribution in [1.29, 1.82) is 0 Å². The molecule has 2 aromatic carbocycles. The van der Waals surface area contributed by atoms with Crippen molar-refractivity contribution in [2.24, 2.45) is 0 Å². The van der Waals surface area contributed by atoms with Gasteiger partial charge in [-0.15, -0.1) is 0 Å². The number of carboxylic acid groups (broad SMARTS) is 1. The van der Waals surface area contributed by atoms with Gasteiger partial charge in [-0.05, 0) is 42.0 Å². The first-order valence-corrected chi connectivity index (χ1v) is 6.92. The van der Waals surface area contributed by atoms with Crippen LogP contribution in [-0.4, -0.2) is 17.0 Å². The molecule has 0 fully saturated rings. The van der Waals surface area contributed by atoms with Gasteiger partial charge in [0, 0.05) is 21.8 Å². The zero-order valence-corrected chi connectivity index (χ0v) is 12.5. The second kappa shape index (κ2) is 6.85. The lowest BCUT2D eigenvalue weighted by Gasteiger charge is -2.06. The van der Waals surface area contributed by atoms with Gasteiger partial charge in [0.25, 0.3) is 5.91 Å². The van der Waals surface area contributed by atoms with Gasteiger partial charge in [0.15, 0.2) is 0 Å². The second-order valence-electron chi connectivity index (χ2n) is 4.26. The topological polar surface area (TPSA) is 66.4 Å². The van der Waals surface area contributed by atoms with Crippen LogP contribution < -0.4 is 5.32 Å². The monoisotopic (exact) mass is 345 g/mol. The minimum atomic E-state index is -0.998. The van der Waals surface area contributed by atoms with Gasteiger partial charge in [0.05, 0.1) is 0 Å². The number of carbonyl (C=O) groups is 2. The predicted molar refractivity (Wildman–Crippen MR) is 85.2 cm³/mol. The highest BCUT2D eigenvalue weighted by Gasteiger charge is 2.06. The van der Waals surface area contributed by atoms with Crippen molar-refractivity contribution < 1.29 is 14.7 Å². The highest BCUT2D eigenvalue weighted by atomic mass is 79.9. The lowest BCUT2D eigenvalue weighted by Crippen LogP contribution is -2.11. The number of halogens is 1. The molecule has 2 aromatic rings. The van der Waals surface area contributed by atoms with Crippen LogP contribution in [0.25, 0.3) is 6.08 Å². The van der Waals surface area contributed by atoms with E-state index in [0.29, 0.717) is 11.3 Å². The fourth-order valence-electron chi connectivity index (χ4n) is 1.68. The molecular formula is C16H12BrNO3. The first-order valence-electron chi connectivity index (χ1n) is 6.12. The molecular weight excluding hydrogens is 334 g/mol. The second-order valence-corrected chi connectivity index (χ2v) is 5.17. The zero-order valence-electron chi connectivity index (χ0n) is 10.9. The van der Waals surface area contributed by atoms with Crippen LogP contribution in [0.2, 0.25) is 0 Å². The molecule has 0 heterocycles. The van der Waals surface area contributed by atoms with Gasteiger partial charge in [-0.2, -0.15) is 0 Å². The van der Waals surface area contributed by atoms with E-state index < -0.39 is 5.97 Å². The summed E-state index contributed by atoms with van der Waals surface area (Å²) in [5.74, 6) is -1.20. The molecule has 2 N–H and O–H groups in total. The van der Waals surface area contributed by atoms with E-state index in [4.69, 9.17) is 5.11 Å². The molecule has 0 saturated carbocycles. The molecule has 21 heavy (non-hydrogen) atoms. The van der Waals surface area contributed by atoms with E-state index in [2.05, 4.69) is 21.2 Å². The number of carboxylic acids is 1. The fraction of sp³-hybridized carbons (Fsp3) is 0. The van der Waals surface area contributed by atoms with Crippen LogP contribution in [0, 0.1) is 0 Å². The minimum Gasteiger partial charge on any atom is -0.478 e. The summed E-state index contributed by atoms with van der Waals surface area (Å²) in [6.07, 6.45) is 2.55. The maximum Gasteiger partial charge on any atom is 0.328 e. The lowest BCUT2D eigenvalue weighted by atomic mass is 10.1. The Morgan fingerprint density at radius 3 is 2.43 bits per heavy atom. The quantitative estimate of drug-likeness (QED) is 0.828. The SMILES string of the molecule is O=C(O)/C=C/c1ccc(NC(=O)c2cccc(Br)c2)cc1. The minimum absolute atomic E-state index is 0.204. The standard InChI is InChI=1S/C16H12BrNO3/c17-13-3-1-2-12(10-13)16(21)18-14-7-4-11(5-8-14)6-9-15(19)20/h1-10H,(H,18,21)(H,19,20)/b9-6+. The summed E-state index contributed by atoms with van der Waals surface area (Å²) in [5.41, 5.74) is 1.95. The highest BCUT2D eigenvalue weighted by molar-refractivity contribution is 9.10. The van der Waals surface area contributed by atoms with E-state index in [1.54, 1.807) is 42.5 Å². The molecule has 0 aliphatic carbocycles. The van der Waals surface area contributed by atoms with Gasteiger partial charge in [0.1, 0.15) is 0 Å². The number of benzene rings is 2. The summed E-state index contributed by atoms with van der Waals surface area (Å²) in [4.78, 5) is 22.5. The van der Waals surface area contributed by atoms with Gasteiger partial charge in [0.2, 0.25) is 0 Å². The smallest absolute Gasteiger partial charge is 0.328 e. The molecule has 0 aliphatic rings. The Labute approximate surface area is 130 Å². The van der Waals surface area contributed by atoms with E-state index in [-0.39, 0.29) is 5.91 Å². The van der Waals surface area contributed by atoms with E-state index in [1.807, 2.05) is 6.07 Å². The van der Waals surface area contributed by atoms with E-state index >= 15 is 0 Å². The number of rotatable bonds is 4. The first-order chi connectivity index (χ1) is 10.0. The van der Waals surface area contributed by atoms with Crippen LogP contribution in [0.4, 0.5) is 5.69 Å². The fourth-order valence-corrected chi connectivity index (χ4v) is 2.08. The molecule has 5 heteroatoms. The van der Waals surface area contributed by atoms with Gasteiger partial charge >= 0.3 is 5.97 Å². The molecule has 0 aromatic heterocycles. The summed E-state index contributed by atoms with van der Waals surface area (Å²) in [6.45, 7) is 0. The molecule has 2 rings (SSSR count). The first kappa shape index (κ1) is 15.0. The van der Waals surface area contributed by atoms with Gasteiger partial charge in [-0.3, -0.25) is 4.79 Å². The molecule has 1 amide bonds. The predicted octanol–water partition coefficient (Wildman–Crippen LogP) is 3.80. The molecule has 4 nitrogen and oxygen atoms in total. The van der Waals surface area contributed by atoms with Gasteiger partial charge < -0.3 is 10.4 Å². The zero-order chi connectivity index (χ0) is 15.2. The van der Waals surface area contributed by atoms with Crippen molar-refractivity contribution in [2.75, 3.05) is 5.32 Å². The highest BCUT2D eigenvalue weighted by Crippen LogP contribution is 2.15. The van der Waals surface area contributed by atoms with Gasteiger partial charge in [-0.1, -0.05) is 34.1 Å². The molecule has 106 valence electrons. The number of anilines is 1. The lowest BCUT2D eigenvalue weighted by molar-refractivity contribution is -0.131. The Hall–Kier alpha value is -2.40. The van der Waals surface area contributed by atoms with Crippen molar-refractivity contribution in [1.82, 2.24) is 0 Å².